The van der Waals surface area contributed by atoms with Gasteiger partial charge in [-0.2, -0.15) is 0 Å². The highest BCUT2D eigenvalue weighted by Crippen LogP contribution is 2.44. The van der Waals surface area contributed by atoms with E-state index in [9.17, 15) is 9.50 Å². The lowest BCUT2D eigenvalue weighted by Gasteiger charge is -2.28. The maximum Gasteiger partial charge on any atom is 0.128 e. The first kappa shape index (κ1) is 11.0. The van der Waals surface area contributed by atoms with Crippen LogP contribution in [0.2, 0.25) is 0 Å². The monoisotopic (exact) mass is 273 g/mol. The highest BCUT2D eigenvalue weighted by atomic mass is 79.9. The van der Waals surface area contributed by atoms with Gasteiger partial charge in [0.15, 0.2) is 0 Å². The number of rotatable bonds is 3. The van der Waals surface area contributed by atoms with Gasteiger partial charge in [-0.15, -0.1) is 0 Å². The number of nitrogens with two attached hydrogens (primary N) is 1. The second-order valence-electron chi connectivity index (χ2n) is 4.10. The van der Waals surface area contributed by atoms with Gasteiger partial charge in [-0.05, 0) is 37.0 Å². The van der Waals surface area contributed by atoms with Gasteiger partial charge < -0.3 is 10.8 Å². The second kappa shape index (κ2) is 3.85. The fourth-order valence-electron chi connectivity index (χ4n) is 1.89. The molecule has 0 aliphatic heterocycles. The molecule has 0 aromatic heterocycles. The molecule has 0 spiro atoms. The molecule has 1 aromatic carbocycles. The van der Waals surface area contributed by atoms with E-state index in [0.29, 0.717) is 5.56 Å². The molecule has 0 amide bonds. The Morgan fingerprint density at radius 2 is 2.20 bits per heavy atom. The van der Waals surface area contributed by atoms with E-state index in [2.05, 4.69) is 15.9 Å². The van der Waals surface area contributed by atoms with Crippen LogP contribution in [0.15, 0.2) is 22.7 Å². The number of benzene rings is 1. The first-order valence-corrected chi connectivity index (χ1v) is 5.72. The molecular weight excluding hydrogens is 261 g/mol. The molecule has 82 valence electrons. The third kappa shape index (κ3) is 1.94. The van der Waals surface area contributed by atoms with E-state index in [1.165, 1.54) is 6.07 Å². The molecule has 1 aliphatic carbocycles. The lowest BCUT2D eigenvalue weighted by Crippen LogP contribution is -2.43. The normalized spacial score (nSPS) is 20.0. The van der Waals surface area contributed by atoms with Gasteiger partial charge in [-0.25, -0.2) is 4.39 Å². The van der Waals surface area contributed by atoms with E-state index in [4.69, 9.17) is 5.73 Å². The van der Waals surface area contributed by atoms with E-state index in [1.54, 1.807) is 12.1 Å². The summed E-state index contributed by atoms with van der Waals surface area (Å²) < 4.78 is 14.4. The SMILES string of the molecule is N[C@](CO)(c1cc(Br)ccc1F)C1CC1. The third-order valence-corrected chi connectivity index (χ3v) is 3.49. The van der Waals surface area contributed by atoms with Crippen LogP contribution in [0.1, 0.15) is 18.4 Å². The number of aliphatic hydroxyl groups is 1. The first-order chi connectivity index (χ1) is 7.08. The summed E-state index contributed by atoms with van der Waals surface area (Å²) in [5.41, 5.74) is 5.56. The molecule has 1 aromatic rings. The molecule has 0 bridgehead atoms. The van der Waals surface area contributed by atoms with Crippen LogP contribution < -0.4 is 5.73 Å². The molecule has 0 unspecified atom stereocenters. The van der Waals surface area contributed by atoms with Crippen molar-refractivity contribution in [1.29, 1.82) is 0 Å². The smallest absolute Gasteiger partial charge is 0.128 e. The van der Waals surface area contributed by atoms with Gasteiger partial charge in [-0.3, -0.25) is 0 Å². The molecule has 1 saturated carbocycles. The van der Waals surface area contributed by atoms with Gasteiger partial charge >= 0.3 is 0 Å². The number of hydrogen-bond acceptors (Lipinski definition) is 2. The summed E-state index contributed by atoms with van der Waals surface area (Å²) in [7, 11) is 0. The van der Waals surface area contributed by atoms with Crippen molar-refractivity contribution in [3.63, 3.8) is 0 Å². The predicted octanol–water partition coefficient (Wildman–Crippen LogP) is 2.14. The Morgan fingerprint density at radius 3 is 2.73 bits per heavy atom. The minimum absolute atomic E-state index is 0.200. The van der Waals surface area contributed by atoms with Crippen molar-refractivity contribution in [2.75, 3.05) is 6.61 Å². The van der Waals surface area contributed by atoms with Crippen LogP contribution in [0, 0.1) is 11.7 Å². The van der Waals surface area contributed by atoms with Crippen molar-refractivity contribution >= 4 is 15.9 Å². The zero-order valence-electron chi connectivity index (χ0n) is 8.21. The second-order valence-corrected chi connectivity index (χ2v) is 5.01. The zero-order chi connectivity index (χ0) is 11.1. The molecule has 2 rings (SSSR count). The van der Waals surface area contributed by atoms with Crippen LogP contribution in [-0.2, 0) is 5.54 Å². The van der Waals surface area contributed by atoms with E-state index < -0.39 is 5.54 Å². The average molecular weight is 274 g/mol. The van der Waals surface area contributed by atoms with Crippen LogP contribution in [0.25, 0.3) is 0 Å². The van der Waals surface area contributed by atoms with Crippen molar-refractivity contribution in [3.05, 3.63) is 34.1 Å². The van der Waals surface area contributed by atoms with E-state index in [0.717, 1.165) is 17.3 Å². The summed E-state index contributed by atoms with van der Waals surface area (Å²) in [4.78, 5) is 0. The third-order valence-electron chi connectivity index (χ3n) is 3.00. The lowest BCUT2D eigenvalue weighted by molar-refractivity contribution is 0.173. The Balaban J connectivity index is 2.45. The molecule has 15 heavy (non-hydrogen) atoms. The van der Waals surface area contributed by atoms with Crippen molar-refractivity contribution in [3.8, 4) is 0 Å². The maximum atomic E-state index is 13.6. The van der Waals surface area contributed by atoms with Crippen LogP contribution in [0.3, 0.4) is 0 Å². The van der Waals surface area contributed by atoms with Gasteiger partial charge in [0.1, 0.15) is 5.82 Å². The van der Waals surface area contributed by atoms with E-state index >= 15 is 0 Å². The van der Waals surface area contributed by atoms with Crippen LogP contribution in [-0.4, -0.2) is 11.7 Å². The van der Waals surface area contributed by atoms with Crippen molar-refractivity contribution in [2.24, 2.45) is 11.7 Å². The van der Waals surface area contributed by atoms with Crippen LogP contribution in [0.4, 0.5) is 4.39 Å². The minimum Gasteiger partial charge on any atom is -0.394 e. The molecule has 1 fully saturated rings. The molecule has 0 heterocycles. The van der Waals surface area contributed by atoms with Gasteiger partial charge in [-0.1, -0.05) is 15.9 Å². The maximum absolute atomic E-state index is 13.6. The van der Waals surface area contributed by atoms with Gasteiger partial charge in [0, 0.05) is 10.0 Å². The van der Waals surface area contributed by atoms with Crippen molar-refractivity contribution < 1.29 is 9.50 Å². The Bertz CT molecular complexity index is 381. The van der Waals surface area contributed by atoms with Gasteiger partial charge in [0.25, 0.3) is 0 Å². The Labute approximate surface area is 96.4 Å². The van der Waals surface area contributed by atoms with E-state index in [-0.39, 0.29) is 18.3 Å². The summed E-state index contributed by atoms with van der Waals surface area (Å²) in [6, 6.07) is 4.66. The predicted molar refractivity (Wildman–Crippen MR) is 59.8 cm³/mol. The number of hydrogen-bond donors (Lipinski definition) is 2. The first-order valence-electron chi connectivity index (χ1n) is 4.93. The molecule has 0 saturated heterocycles. The standard InChI is InChI=1S/C11H13BrFNO/c12-8-3-4-10(13)9(5-8)11(14,6-15)7-1-2-7/h3-5,7,15H,1-2,6,14H2/t11-/m0/s1. The molecule has 3 N–H and O–H groups in total. The molecular formula is C11H13BrFNO. The molecule has 1 aliphatic rings. The summed E-state index contributed by atoms with van der Waals surface area (Å²) >= 11 is 3.28. The largest absolute Gasteiger partial charge is 0.394 e. The average Bonchev–Trinajstić information content (AvgIpc) is 3.04. The zero-order valence-corrected chi connectivity index (χ0v) is 9.80. The highest BCUT2D eigenvalue weighted by molar-refractivity contribution is 9.10. The van der Waals surface area contributed by atoms with Crippen LogP contribution >= 0.6 is 15.9 Å². The molecule has 0 radical (unpaired) electrons. The van der Waals surface area contributed by atoms with Crippen LogP contribution in [0.5, 0.6) is 0 Å². The van der Waals surface area contributed by atoms with Crippen molar-refractivity contribution in [2.45, 2.75) is 18.4 Å². The quantitative estimate of drug-likeness (QED) is 0.887. The minimum atomic E-state index is -0.923. The molecule has 1 atom stereocenters. The molecule has 4 heteroatoms. The summed E-state index contributed by atoms with van der Waals surface area (Å²) in [5, 5.41) is 9.36. The Hall–Kier alpha value is -0.450. The van der Waals surface area contributed by atoms with E-state index in [1.807, 2.05) is 0 Å². The Morgan fingerprint density at radius 1 is 1.53 bits per heavy atom. The number of aliphatic hydroxyl groups excluding tert-OH is 1. The summed E-state index contributed by atoms with van der Waals surface area (Å²) in [6.45, 7) is -0.217. The molecule has 2 nitrogen and oxygen atoms in total. The number of halogens is 2. The van der Waals surface area contributed by atoms with Crippen molar-refractivity contribution in [1.82, 2.24) is 0 Å². The fraction of sp³-hybridized carbons (Fsp3) is 0.455. The fourth-order valence-corrected chi connectivity index (χ4v) is 2.25. The van der Waals surface area contributed by atoms with Gasteiger partial charge in [0.05, 0.1) is 12.1 Å². The summed E-state index contributed by atoms with van der Waals surface area (Å²) in [5.74, 6) is -0.145. The summed E-state index contributed by atoms with van der Waals surface area (Å²) in [6.07, 6.45) is 1.92. The van der Waals surface area contributed by atoms with Gasteiger partial charge in [0.2, 0.25) is 0 Å². The Kier molecular flexibility index (Phi) is 2.83. The lowest BCUT2D eigenvalue weighted by atomic mass is 9.86. The highest BCUT2D eigenvalue weighted by Gasteiger charge is 2.44. The topological polar surface area (TPSA) is 46.2 Å².